The molecular weight excluding hydrogens is 937 g/mol. The monoisotopic (exact) mass is 1020 g/mol. The molecule has 0 amide bonds. The molecule has 0 radical (unpaired) electrons. The summed E-state index contributed by atoms with van der Waals surface area (Å²) in [5, 5.41) is 0. The van der Waals surface area contributed by atoms with Gasteiger partial charge in [-0.05, 0) is 205 Å². The van der Waals surface area contributed by atoms with Crippen molar-refractivity contribution in [3.05, 3.63) is 183 Å². The third-order valence-corrected chi connectivity index (χ3v) is 19.9. The number of anilines is 4. The highest BCUT2D eigenvalue weighted by atomic mass is 32.1. The molecular formula is C73H88N2S. The molecule has 0 aromatic heterocycles. The summed E-state index contributed by atoms with van der Waals surface area (Å²) < 4.78 is 0. The number of hydrogen-bond donors (Lipinski definition) is 2. The van der Waals surface area contributed by atoms with Crippen LogP contribution in [0.4, 0.5) is 22.7 Å². The lowest BCUT2D eigenvalue weighted by Crippen LogP contribution is -2.34. The van der Waals surface area contributed by atoms with E-state index in [1.807, 2.05) is 12.2 Å². The van der Waals surface area contributed by atoms with Crippen molar-refractivity contribution < 1.29 is 0 Å². The van der Waals surface area contributed by atoms with Gasteiger partial charge in [-0.3, -0.25) is 0 Å². The molecule has 2 N–H and O–H groups in total. The second-order valence-electron chi connectivity index (χ2n) is 28.2. The number of aryl methyl sites for hydroxylation is 2. The van der Waals surface area contributed by atoms with Crippen LogP contribution in [-0.2, 0) is 44.3 Å². The Balaban J connectivity index is 1.29. The topological polar surface area (TPSA) is 29.3 Å². The van der Waals surface area contributed by atoms with E-state index in [0.29, 0.717) is 0 Å². The Morgan fingerprint density at radius 3 is 1.71 bits per heavy atom. The molecule has 0 saturated carbocycles. The number of allylic oxidation sites excluding steroid dienone is 5. The average Bonchev–Trinajstić information content (AvgIpc) is 3.63. The van der Waals surface area contributed by atoms with Gasteiger partial charge in [-0.15, -0.1) is 12.6 Å². The Kier molecular flexibility index (Phi) is 13.2. The standard InChI is InChI=1S/C73H88N2S/c1-18-19-20-21-22-24-47-25-30-63(76)61(40-47)75(60-44-59-55(39-46(60)3)70(10,11)35-36-72(59,14)15)62-38-45(2)37-52(64(62)48-26-29-53-56(41-48)71(12,13)34-33-69(53,8)9)50-28-27-49-51-42-57-58(68(6,7)32-23-31-67(57,4)5)43-54(51)73(16,17)65(49)66(50)74/h18-22,25-30,37-44,76H,1,23-24,31-36,74H2,2-17H3/b20-19-,22-21-. The van der Waals surface area contributed by atoms with Gasteiger partial charge < -0.3 is 10.6 Å². The van der Waals surface area contributed by atoms with E-state index in [0.717, 1.165) is 65.2 Å². The Morgan fingerprint density at radius 2 is 1.07 bits per heavy atom. The quantitative estimate of drug-likeness (QED) is 0.0654. The highest BCUT2D eigenvalue weighted by Crippen LogP contribution is 2.59. The zero-order chi connectivity index (χ0) is 54.9. The number of hydrogen-bond acceptors (Lipinski definition) is 3. The predicted octanol–water partition coefficient (Wildman–Crippen LogP) is 20.6. The molecule has 0 atom stereocenters. The first-order valence-electron chi connectivity index (χ1n) is 28.7. The molecule has 6 aromatic rings. The van der Waals surface area contributed by atoms with Crippen molar-refractivity contribution in [1.29, 1.82) is 0 Å². The van der Waals surface area contributed by atoms with E-state index in [1.165, 1.54) is 108 Å². The molecule has 4 aliphatic rings. The lowest BCUT2D eigenvalue weighted by atomic mass is 9.62. The summed E-state index contributed by atoms with van der Waals surface area (Å²) in [6.07, 6.45) is 19.2. The molecule has 0 saturated heterocycles. The molecule has 6 aromatic carbocycles. The van der Waals surface area contributed by atoms with Crippen LogP contribution >= 0.6 is 12.6 Å². The van der Waals surface area contributed by atoms with E-state index >= 15 is 0 Å². The van der Waals surface area contributed by atoms with Crippen molar-refractivity contribution >= 4 is 35.4 Å². The van der Waals surface area contributed by atoms with E-state index in [9.17, 15) is 0 Å². The Hall–Kier alpha value is -5.51. The molecule has 0 heterocycles. The molecule has 2 nitrogen and oxygen atoms in total. The first kappa shape index (κ1) is 53.9. The van der Waals surface area contributed by atoms with Crippen LogP contribution in [0.5, 0.6) is 0 Å². The summed E-state index contributed by atoms with van der Waals surface area (Å²) >= 11 is 5.43. The lowest BCUT2D eigenvalue weighted by Gasteiger charge is -2.43. The van der Waals surface area contributed by atoms with Crippen molar-refractivity contribution in [3.8, 4) is 33.4 Å². The fraction of sp³-hybridized carbons (Fsp3) is 0.425. The lowest BCUT2D eigenvalue weighted by molar-refractivity contribution is 0.332. The summed E-state index contributed by atoms with van der Waals surface area (Å²) in [6, 6.07) is 34.2. The van der Waals surface area contributed by atoms with E-state index in [-0.39, 0.29) is 37.9 Å². The highest BCUT2D eigenvalue weighted by Gasteiger charge is 2.44. The van der Waals surface area contributed by atoms with Crippen LogP contribution in [0.25, 0.3) is 33.4 Å². The van der Waals surface area contributed by atoms with Gasteiger partial charge in [0.2, 0.25) is 0 Å². The maximum Gasteiger partial charge on any atom is 0.0598 e. The van der Waals surface area contributed by atoms with Crippen LogP contribution in [-0.4, -0.2) is 0 Å². The van der Waals surface area contributed by atoms with E-state index in [4.69, 9.17) is 18.4 Å². The average molecular weight is 1030 g/mol. The molecule has 0 unspecified atom stereocenters. The first-order chi connectivity index (χ1) is 35.5. The number of benzene rings is 6. The van der Waals surface area contributed by atoms with Gasteiger partial charge in [0, 0.05) is 32.8 Å². The van der Waals surface area contributed by atoms with E-state index in [2.05, 4.69) is 225 Å². The van der Waals surface area contributed by atoms with Crippen LogP contribution in [0.3, 0.4) is 0 Å². The summed E-state index contributed by atoms with van der Waals surface area (Å²) in [6.45, 7) is 42.7. The molecule has 0 spiro atoms. The van der Waals surface area contributed by atoms with E-state index < -0.39 is 0 Å². The van der Waals surface area contributed by atoms with Gasteiger partial charge in [-0.2, -0.15) is 0 Å². The van der Waals surface area contributed by atoms with Gasteiger partial charge in [0.25, 0.3) is 0 Å². The Labute approximate surface area is 464 Å². The van der Waals surface area contributed by atoms with Gasteiger partial charge in [0.15, 0.2) is 0 Å². The Morgan fingerprint density at radius 1 is 0.500 bits per heavy atom. The maximum atomic E-state index is 7.98. The summed E-state index contributed by atoms with van der Waals surface area (Å²) in [5.74, 6) is 0. The molecule has 4 aliphatic carbocycles. The minimum atomic E-state index is -0.315. The first-order valence-corrected chi connectivity index (χ1v) is 29.1. The minimum absolute atomic E-state index is 0.000903. The smallest absolute Gasteiger partial charge is 0.0598 e. The van der Waals surface area contributed by atoms with Crippen molar-refractivity contribution in [2.75, 3.05) is 10.6 Å². The van der Waals surface area contributed by atoms with Crippen LogP contribution in [0.1, 0.15) is 203 Å². The zero-order valence-electron chi connectivity index (χ0n) is 49.3. The number of nitrogens with zero attached hydrogens (tertiary/aromatic N) is 1. The van der Waals surface area contributed by atoms with Crippen molar-refractivity contribution in [2.45, 2.75) is 205 Å². The number of rotatable bonds is 9. The third-order valence-electron chi connectivity index (χ3n) is 19.5. The summed E-state index contributed by atoms with van der Waals surface area (Å²) in [4.78, 5) is 3.51. The van der Waals surface area contributed by atoms with Gasteiger partial charge in [0.05, 0.1) is 11.4 Å². The minimum Gasteiger partial charge on any atom is -0.398 e. The number of thiol groups is 1. The fourth-order valence-electron chi connectivity index (χ4n) is 14.4. The van der Waals surface area contributed by atoms with Crippen molar-refractivity contribution in [3.63, 3.8) is 0 Å². The number of fused-ring (bicyclic) bond motifs is 6. The van der Waals surface area contributed by atoms with Crippen LogP contribution < -0.4 is 10.6 Å². The van der Waals surface area contributed by atoms with Crippen LogP contribution in [0.15, 0.2) is 127 Å². The summed E-state index contributed by atoms with van der Waals surface area (Å²) in [7, 11) is 0. The molecule has 76 heavy (non-hydrogen) atoms. The number of nitrogens with two attached hydrogens (primary N) is 1. The van der Waals surface area contributed by atoms with Gasteiger partial charge in [0.1, 0.15) is 0 Å². The van der Waals surface area contributed by atoms with Crippen molar-refractivity contribution in [1.82, 2.24) is 0 Å². The third kappa shape index (κ3) is 8.97. The second kappa shape index (κ2) is 18.6. The molecule has 0 fully saturated rings. The van der Waals surface area contributed by atoms with E-state index in [1.54, 1.807) is 0 Å². The van der Waals surface area contributed by atoms with Crippen LogP contribution in [0.2, 0.25) is 0 Å². The van der Waals surface area contributed by atoms with Gasteiger partial charge in [-0.25, -0.2) is 0 Å². The predicted molar refractivity (Wildman–Crippen MR) is 333 cm³/mol. The van der Waals surface area contributed by atoms with Gasteiger partial charge in [-0.1, -0.05) is 195 Å². The second-order valence-corrected chi connectivity index (χ2v) is 28.7. The van der Waals surface area contributed by atoms with Crippen molar-refractivity contribution in [2.24, 2.45) is 0 Å². The SMILES string of the molecule is C=C/C=C\C=C/Cc1ccc(S)c(N(c2cc3c(cc2C)C(C)(C)CCC3(C)C)c2cc(C)cc(-c3ccc4c(c3N)C(C)(C)c3cc5c(cc3-4)C(C)(C)CCCC5(C)C)c2-c2ccc3c(c2)C(C)(C)CCC3(C)C)c1. The zero-order valence-corrected chi connectivity index (χ0v) is 50.2. The normalized spacial score (nSPS) is 19.8. The Bertz CT molecular complexity index is 3410. The van der Waals surface area contributed by atoms with Gasteiger partial charge >= 0.3 is 0 Å². The molecule has 10 rings (SSSR count). The largest absolute Gasteiger partial charge is 0.398 e. The molecule has 3 heteroatoms. The fourth-order valence-corrected chi connectivity index (χ4v) is 14.7. The summed E-state index contributed by atoms with van der Waals surface area (Å²) in [5.41, 5.74) is 34.6. The molecule has 0 bridgehead atoms. The molecule has 0 aliphatic heterocycles. The van der Waals surface area contributed by atoms with Crippen LogP contribution in [0, 0.1) is 13.8 Å². The molecule has 396 valence electrons. The number of nitrogen functional groups attached to an aromatic ring is 1. The maximum absolute atomic E-state index is 7.98. The highest BCUT2D eigenvalue weighted by molar-refractivity contribution is 7.80.